The number of allylic oxidation sites excluding steroid dienone is 5. The van der Waals surface area contributed by atoms with Crippen LogP contribution in [0.4, 0.5) is 0 Å². The van der Waals surface area contributed by atoms with Gasteiger partial charge in [0.25, 0.3) is 0 Å². The van der Waals surface area contributed by atoms with E-state index >= 15 is 0 Å². The molecule has 14 heavy (non-hydrogen) atoms. The summed E-state index contributed by atoms with van der Waals surface area (Å²) in [7, 11) is 1.80. The van der Waals surface area contributed by atoms with Gasteiger partial charge in [0.15, 0.2) is 0 Å². The predicted octanol–water partition coefficient (Wildman–Crippen LogP) is 3.25. The second-order valence-electron chi connectivity index (χ2n) is 4.42. The lowest BCUT2D eigenvalue weighted by atomic mass is 9.93. The first-order valence-corrected chi connectivity index (χ1v) is 5.30. The van der Waals surface area contributed by atoms with E-state index in [2.05, 4.69) is 31.2 Å². The number of methoxy groups -OCH3 is 1. The third kappa shape index (κ3) is 1.83. The van der Waals surface area contributed by atoms with Gasteiger partial charge in [-0.15, -0.1) is 0 Å². The van der Waals surface area contributed by atoms with Crippen molar-refractivity contribution in [1.82, 2.24) is 0 Å². The van der Waals surface area contributed by atoms with Gasteiger partial charge in [-0.3, -0.25) is 0 Å². The monoisotopic (exact) mass is 190 g/mol. The minimum atomic E-state index is 0.389. The van der Waals surface area contributed by atoms with Crippen molar-refractivity contribution in [3.05, 3.63) is 35.5 Å². The van der Waals surface area contributed by atoms with E-state index < -0.39 is 0 Å². The van der Waals surface area contributed by atoms with Gasteiger partial charge in [0, 0.05) is 12.5 Å². The Morgan fingerprint density at radius 2 is 2.14 bits per heavy atom. The number of hydrogen-bond acceptors (Lipinski definition) is 1. The van der Waals surface area contributed by atoms with Crippen LogP contribution >= 0.6 is 0 Å². The van der Waals surface area contributed by atoms with Crippen LogP contribution in [0, 0.1) is 5.41 Å². The zero-order valence-electron chi connectivity index (χ0n) is 9.05. The lowest BCUT2D eigenvalue weighted by molar-refractivity contribution is 0.156. The highest BCUT2D eigenvalue weighted by Crippen LogP contribution is 2.53. The third-order valence-electron chi connectivity index (χ3n) is 3.22. The fourth-order valence-corrected chi connectivity index (χ4v) is 2.11. The van der Waals surface area contributed by atoms with Crippen molar-refractivity contribution in [2.75, 3.05) is 13.7 Å². The van der Waals surface area contributed by atoms with Crippen LogP contribution in [-0.4, -0.2) is 13.7 Å². The van der Waals surface area contributed by atoms with E-state index in [9.17, 15) is 0 Å². The van der Waals surface area contributed by atoms with Crippen LogP contribution in [0.25, 0.3) is 0 Å². The topological polar surface area (TPSA) is 9.23 Å². The molecule has 2 aliphatic rings. The molecule has 0 aliphatic heterocycles. The molecule has 0 aromatic carbocycles. The fourth-order valence-electron chi connectivity index (χ4n) is 2.11. The van der Waals surface area contributed by atoms with Crippen molar-refractivity contribution < 1.29 is 4.74 Å². The van der Waals surface area contributed by atoms with E-state index in [0.29, 0.717) is 5.41 Å². The largest absolute Gasteiger partial charge is 0.384 e. The first-order valence-electron chi connectivity index (χ1n) is 5.30. The average Bonchev–Trinajstić information content (AvgIpc) is 2.92. The second kappa shape index (κ2) is 3.74. The van der Waals surface area contributed by atoms with Crippen molar-refractivity contribution in [3.8, 4) is 0 Å². The normalized spacial score (nSPS) is 23.9. The zero-order valence-corrected chi connectivity index (χ0v) is 9.05. The van der Waals surface area contributed by atoms with E-state index in [4.69, 9.17) is 4.74 Å². The minimum absolute atomic E-state index is 0.389. The molecule has 0 heterocycles. The molecule has 0 atom stereocenters. The minimum Gasteiger partial charge on any atom is -0.384 e. The van der Waals surface area contributed by atoms with Crippen LogP contribution in [0.2, 0.25) is 0 Å². The Morgan fingerprint density at radius 1 is 1.36 bits per heavy atom. The molecule has 0 aromatic rings. The van der Waals surface area contributed by atoms with Crippen LogP contribution in [0.1, 0.15) is 26.2 Å². The molecule has 1 fully saturated rings. The number of hydrogen-bond donors (Lipinski definition) is 0. The molecule has 0 aromatic heterocycles. The summed E-state index contributed by atoms with van der Waals surface area (Å²) in [4.78, 5) is 0. The third-order valence-corrected chi connectivity index (χ3v) is 3.22. The molecule has 1 nitrogen and oxygen atoms in total. The van der Waals surface area contributed by atoms with Gasteiger partial charge in [0.2, 0.25) is 0 Å². The summed E-state index contributed by atoms with van der Waals surface area (Å²) in [6, 6.07) is 0. The smallest absolute Gasteiger partial charge is 0.0556 e. The maximum atomic E-state index is 5.30. The Labute approximate surface area is 86.2 Å². The highest BCUT2D eigenvalue weighted by molar-refractivity contribution is 5.35. The molecule has 0 N–H and O–H groups in total. The van der Waals surface area contributed by atoms with Gasteiger partial charge >= 0.3 is 0 Å². The molecule has 2 rings (SSSR count). The van der Waals surface area contributed by atoms with Crippen LogP contribution < -0.4 is 0 Å². The summed E-state index contributed by atoms with van der Waals surface area (Å²) >= 11 is 0. The molecule has 1 saturated carbocycles. The molecular formula is C13H18O. The Balaban J connectivity index is 2.15. The summed E-state index contributed by atoms with van der Waals surface area (Å²) in [6.45, 7) is 3.03. The summed E-state index contributed by atoms with van der Waals surface area (Å²) in [6.07, 6.45) is 12.7. The van der Waals surface area contributed by atoms with E-state index in [1.54, 1.807) is 12.7 Å². The lowest BCUT2D eigenvalue weighted by Gasteiger charge is -2.16. The lowest BCUT2D eigenvalue weighted by Crippen LogP contribution is -2.11. The van der Waals surface area contributed by atoms with E-state index in [0.717, 1.165) is 13.0 Å². The zero-order chi connectivity index (χ0) is 10.0. The van der Waals surface area contributed by atoms with Gasteiger partial charge in [-0.05, 0) is 26.2 Å². The Morgan fingerprint density at radius 3 is 2.79 bits per heavy atom. The van der Waals surface area contributed by atoms with E-state index in [1.165, 1.54) is 18.4 Å². The molecule has 0 radical (unpaired) electrons. The highest BCUT2D eigenvalue weighted by atomic mass is 16.5. The van der Waals surface area contributed by atoms with Gasteiger partial charge < -0.3 is 4.74 Å². The second-order valence-corrected chi connectivity index (χ2v) is 4.42. The van der Waals surface area contributed by atoms with Gasteiger partial charge in [0.1, 0.15) is 0 Å². The summed E-state index contributed by atoms with van der Waals surface area (Å²) < 4.78 is 5.30. The molecule has 0 saturated heterocycles. The molecular weight excluding hydrogens is 172 g/mol. The van der Waals surface area contributed by atoms with Crippen LogP contribution in [0.5, 0.6) is 0 Å². The van der Waals surface area contributed by atoms with Crippen LogP contribution in [0.15, 0.2) is 35.5 Å². The first-order chi connectivity index (χ1) is 6.77. The fraction of sp³-hybridized carbons (Fsp3) is 0.538. The van der Waals surface area contributed by atoms with Crippen molar-refractivity contribution in [2.24, 2.45) is 5.41 Å². The predicted molar refractivity (Wildman–Crippen MR) is 59.1 cm³/mol. The van der Waals surface area contributed by atoms with Gasteiger partial charge in [0.05, 0.1) is 6.61 Å². The van der Waals surface area contributed by atoms with Gasteiger partial charge in [-0.1, -0.05) is 35.5 Å². The Bertz CT molecular complexity index is 303. The van der Waals surface area contributed by atoms with E-state index in [1.807, 2.05) is 0 Å². The van der Waals surface area contributed by atoms with Gasteiger partial charge in [-0.2, -0.15) is 0 Å². The Kier molecular flexibility index (Phi) is 2.60. The number of rotatable bonds is 3. The quantitative estimate of drug-likeness (QED) is 0.663. The van der Waals surface area contributed by atoms with Gasteiger partial charge in [-0.25, -0.2) is 0 Å². The summed E-state index contributed by atoms with van der Waals surface area (Å²) in [5.41, 5.74) is 3.28. The van der Waals surface area contributed by atoms with E-state index in [-0.39, 0.29) is 0 Å². The van der Waals surface area contributed by atoms with Crippen LogP contribution in [0.3, 0.4) is 0 Å². The molecule has 2 aliphatic carbocycles. The Hall–Kier alpha value is -0.820. The van der Waals surface area contributed by atoms with Crippen LogP contribution in [-0.2, 0) is 4.74 Å². The molecule has 1 heteroatoms. The van der Waals surface area contributed by atoms with Crippen molar-refractivity contribution in [3.63, 3.8) is 0 Å². The molecule has 0 spiro atoms. The molecule has 0 unspecified atom stereocenters. The van der Waals surface area contributed by atoms with Crippen molar-refractivity contribution in [1.29, 1.82) is 0 Å². The highest BCUT2D eigenvalue weighted by Gasteiger charge is 2.45. The summed E-state index contributed by atoms with van der Waals surface area (Å²) in [5.74, 6) is 0. The maximum Gasteiger partial charge on any atom is 0.0556 e. The molecule has 76 valence electrons. The number of ether oxygens (including phenoxy) is 1. The van der Waals surface area contributed by atoms with Crippen molar-refractivity contribution in [2.45, 2.75) is 26.2 Å². The summed E-state index contributed by atoms with van der Waals surface area (Å²) in [5, 5.41) is 0. The molecule has 0 amide bonds. The SMILES string of the molecule is COCC1(C2=CC=C(C)C=CC2)CC1. The first kappa shape index (κ1) is 9.72. The molecule has 0 bridgehead atoms. The standard InChI is InChI=1S/C13H18O/c1-11-4-3-5-12(7-6-11)13(8-9-13)10-14-2/h3-4,6-7H,5,8-10H2,1-2H3. The maximum absolute atomic E-state index is 5.30. The average molecular weight is 190 g/mol. The van der Waals surface area contributed by atoms with Crippen molar-refractivity contribution >= 4 is 0 Å².